The van der Waals surface area contributed by atoms with Crippen LogP contribution in [-0.4, -0.2) is 10.9 Å². The van der Waals surface area contributed by atoms with Crippen molar-refractivity contribution in [2.45, 2.75) is 0 Å². The summed E-state index contributed by atoms with van der Waals surface area (Å²) in [7, 11) is 0. The quantitative estimate of drug-likeness (QED) is 0.804. The summed E-state index contributed by atoms with van der Waals surface area (Å²) in [6.07, 6.45) is 1.46. The average Bonchev–Trinajstić information content (AvgIpc) is 2.41. The number of carbonyl (C=O) groups is 1. The van der Waals surface area contributed by atoms with Crippen molar-refractivity contribution >= 4 is 11.6 Å². The summed E-state index contributed by atoms with van der Waals surface area (Å²) in [6, 6.07) is 9.62. The van der Waals surface area contributed by atoms with Crippen molar-refractivity contribution in [2.24, 2.45) is 5.73 Å². The van der Waals surface area contributed by atoms with E-state index in [0.29, 0.717) is 5.69 Å². The Morgan fingerprint density at radius 3 is 2.84 bits per heavy atom. The predicted molar refractivity (Wildman–Crippen MR) is 68.4 cm³/mol. The van der Waals surface area contributed by atoms with Crippen molar-refractivity contribution in [1.82, 2.24) is 4.98 Å². The molecule has 0 unspecified atom stereocenters. The third-order valence-electron chi connectivity index (χ3n) is 2.37. The summed E-state index contributed by atoms with van der Waals surface area (Å²) in [5, 5.41) is 9.00. The smallest absolute Gasteiger partial charge is 0.254 e. The number of rotatable bonds is 3. The number of aromatic nitrogens is 1. The molecule has 0 atom stereocenters. The molecule has 1 aromatic heterocycles. The fraction of sp³-hybridized carbons (Fsp3) is 0. The zero-order valence-electron chi connectivity index (χ0n) is 9.83. The minimum Gasteiger partial charge on any atom is -0.437 e. The van der Waals surface area contributed by atoms with Gasteiger partial charge in [-0.1, -0.05) is 0 Å². The van der Waals surface area contributed by atoms with Gasteiger partial charge in [0.1, 0.15) is 17.4 Å². The van der Waals surface area contributed by atoms with Crippen molar-refractivity contribution < 1.29 is 9.53 Å². The number of anilines is 1. The highest BCUT2D eigenvalue weighted by molar-refractivity contribution is 5.95. The molecule has 2 rings (SSSR count). The summed E-state index contributed by atoms with van der Waals surface area (Å²) in [6.45, 7) is 0. The van der Waals surface area contributed by atoms with Gasteiger partial charge in [-0.25, -0.2) is 4.98 Å². The molecular weight excluding hydrogens is 244 g/mol. The Hall–Kier alpha value is -3.07. The molecule has 0 aliphatic heterocycles. The predicted octanol–water partition coefficient (Wildman–Crippen LogP) is 1.43. The standard InChI is InChI=1S/C13H10N4O2/c14-7-8-6-9(15)3-4-11(8)19-13-10(12(16)18)2-1-5-17-13/h1-6H,15H2,(H2,16,18). The van der Waals surface area contributed by atoms with Crippen LogP contribution in [0.4, 0.5) is 5.69 Å². The molecule has 0 radical (unpaired) electrons. The highest BCUT2D eigenvalue weighted by Crippen LogP contribution is 2.27. The van der Waals surface area contributed by atoms with Gasteiger partial charge in [0.15, 0.2) is 0 Å². The number of nitriles is 1. The second kappa shape index (κ2) is 5.06. The van der Waals surface area contributed by atoms with Crippen LogP contribution in [0.25, 0.3) is 0 Å². The molecule has 19 heavy (non-hydrogen) atoms. The fourth-order valence-corrected chi connectivity index (χ4v) is 1.49. The second-order valence-corrected chi connectivity index (χ2v) is 3.69. The van der Waals surface area contributed by atoms with Gasteiger partial charge in [-0.2, -0.15) is 5.26 Å². The first-order chi connectivity index (χ1) is 9.11. The third kappa shape index (κ3) is 2.61. The van der Waals surface area contributed by atoms with Crippen molar-refractivity contribution in [3.8, 4) is 17.7 Å². The van der Waals surface area contributed by atoms with Crippen LogP contribution in [0.15, 0.2) is 36.5 Å². The maximum Gasteiger partial charge on any atom is 0.254 e. The van der Waals surface area contributed by atoms with Crippen molar-refractivity contribution in [3.05, 3.63) is 47.7 Å². The van der Waals surface area contributed by atoms with Gasteiger partial charge >= 0.3 is 0 Å². The Bertz CT molecular complexity index is 677. The largest absolute Gasteiger partial charge is 0.437 e. The van der Waals surface area contributed by atoms with Crippen LogP contribution in [0.2, 0.25) is 0 Å². The number of nitrogens with two attached hydrogens (primary N) is 2. The van der Waals surface area contributed by atoms with Gasteiger partial charge in [-0.15, -0.1) is 0 Å². The molecule has 6 heteroatoms. The number of amides is 1. The number of nitrogens with zero attached hydrogens (tertiary/aromatic N) is 2. The van der Waals surface area contributed by atoms with E-state index in [4.69, 9.17) is 21.5 Å². The number of primary amides is 1. The monoisotopic (exact) mass is 254 g/mol. The number of hydrogen-bond acceptors (Lipinski definition) is 5. The highest BCUT2D eigenvalue weighted by atomic mass is 16.5. The minimum atomic E-state index is -0.656. The number of ether oxygens (including phenoxy) is 1. The Balaban J connectivity index is 2.43. The molecule has 94 valence electrons. The van der Waals surface area contributed by atoms with Crippen LogP contribution in [0.5, 0.6) is 11.6 Å². The number of benzene rings is 1. The first-order valence-electron chi connectivity index (χ1n) is 5.34. The van der Waals surface area contributed by atoms with E-state index in [0.717, 1.165) is 0 Å². The number of nitrogen functional groups attached to an aromatic ring is 1. The van der Waals surface area contributed by atoms with Gasteiger partial charge in [-0.3, -0.25) is 4.79 Å². The SMILES string of the molecule is N#Cc1cc(N)ccc1Oc1ncccc1C(N)=O. The Morgan fingerprint density at radius 1 is 1.37 bits per heavy atom. The van der Waals surface area contributed by atoms with E-state index in [2.05, 4.69) is 4.98 Å². The molecule has 0 fully saturated rings. The van der Waals surface area contributed by atoms with Crippen molar-refractivity contribution in [2.75, 3.05) is 5.73 Å². The van der Waals surface area contributed by atoms with Crippen molar-refractivity contribution in [3.63, 3.8) is 0 Å². The topological polar surface area (TPSA) is 115 Å². The van der Waals surface area contributed by atoms with Gasteiger partial charge in [0.2, 0.25) is 5.88 Å². The lowest BCUT2D eigenvalue weighted by atomic mass is 10.2. The van der Waals surface area contributed by atoms with Gasteiger partial charge in [0.05, 0.1) is 5.56 Å². The Labute approximate surface area is 109 Å². The van der Waals surface area contributed by atoms with E-state index >= 15 is 0 Å². The van der Waals surface area contributed by atoms with Crippen LogP contribution >= 0.6 is 0 Å². The molecule has 0 aliphatic rings. The highest BCUT2D eigenvalue weighted by Gasteiger charge is 2.13. The van der Waals surface area contributed by atoms with Crippen molar-refractivity contribution in [1.29, 1.82) is 5.26 Å². The second-order valence-electron chi connectivity index (χ2n) is 3.69. The molecule has 6 nitrogen and oxygen atoms in total. The summed E-state index contributed by atoms with van der Waals surface area (Å²) in [5.74, 6) is -0.341. The molecule has 0 spiro atoms. The van der Waals surface area contributed by atoms with Crippen LogP contribution in [0.1, 0.15) is 15.9 Å². The molecule has 0 saturated heterocycles. The molecular formula is C13H10N4O2. The van der Waals surface area contributed by atoms with E-state index < -0.39 is 5.91 Å². The van der Waals surface area contributed by atoms with E-state index in [-0.39, 0.29) is 22.8 Å². The summed E-state index contributed by atoms with van der Waals surface area (Å²) < 4.78 is 5.46. The lowest BCUT2D eigenvalue weighted by Crippen LogP contribution is -2.12. The van der Waals surface area contributed by atoms with Crippen LogP contribution in [0, 0.1) is 11.3 Å². The first-order valence-corrected chi connectivity index (χ1v) is 5.34. The van der Waals surface area contributed by atoms with Gasteiger partial charge < -0.3 is 16.2 Å². The minimum absolute atomic E-state index is 0.0521. The van der Waals surface area contributed by atoms with Gasteiger partial charge in [0, 0.05) is 11.9 Å². The Morgan fingerprint density at radius 2 is 2.16 bits per heavy atom. The maximum atomic E-state index is 11.2. The molecule has 4 N–H and O–H groups in total. The van der Waals surface area contributed by atoms with E-state index in [1.807, 2.05) is 6.07 Å². The van der Waals surface area contributed by atoms with E-state index in [9.17, 15) is 4.79 Å². The number of carbonyl (C=O) groups excluding carboxylic acids is 1. The number of hydrogen-bond donors (Lipinski definition) is 2. The molecule has 2 aromatic rings. The lowest BCUT2D eigenvalue weighted by molar-refractivity contribution is 0.0997. The molecule has 0 bridgehead atoms. The molecule has 1 heterocycles. The molecule has 1 amide bonds. The summed E-state index contributed by atoms with van der Waals surface area (Å²) in [4.78, 5) is 15.2. The first kappa shape index (κ1) is 12.4. The molecule has 1 aromatic carbocycles. The number of pyridine rings is 1. The summed E-state index contributed by atoms with van der Waals surface area (Å²) in [5.41, 5.74) is 11.6. The third-order valence-corrected chi connectivity index (χ3v) is 2.37. The van der Waals surface area contributed by atoms with E-state index in [1.54, 1.807) is 12.1 Å². The van der Waals surface area contributed by atoms with Crippen LogP contribution in [-0.2, 0) is 0 Å². The summed E-state index contributed by atoms with van der Waals surface area (Å²) >= 11 is 0. The average molecular weight is 254 g/mol. The van der Waals surface area contributed by atoms with Crippen LogP contribution in [0.3, 0.4) is 0 Å². The maximum absolute atomic E-state index is 11.2. The zero-order chi connectivity index (χ0) is 13.8. The normalized spacial score (nSPS) is 9.63. The van der Waals surface area contributed by atoms with Gasteiger partial charge in [0.25, 0.3) is 5.91 Å². The van der Waals surface area contributed by atoms with Gasteiger partial charge in [-0.05, 0) is 30.3 Å². The Kier molecular flexibility index (Phi) is 3.30. The molecule has 0 aliphatic carbocycles. The van der Waals surface area contributed by atoms with E-state index in [1.165, 1.54) is 24.4 Å². The molecule has 0 saturated carbocycles. The van der Waals surface area contributed by atoms with Crippen LogP contribution < -0.4 is 16.2 Å². The fourth-order valence-electron chi connectivity index (χ4n) is 1.49. The zero-order valence-corrected chi connectivity index (χ0v) is 9.83. The lowest BCUT2D eigenvalue weighted by Gasteiger charge is -2.09.